The van der Waals surface area contributed by atoms with Crippen LogP contribution in [0, 0.1) is 23.7 Å². The third-order valence-corrected chi connectivity index (χ3v) is 6.46. The van der Waals surface area contributed by atoms with E-state index < -0.39 is 0 Å². The zero-order valence-electron chi connectivity index (χ0n) is 15.9. The van der Waals surface area contributed by atoms with Gasteiger partial charge in [-0.05, 0) is 36.0 Å². The van der Waals surface area contributed by atoms with Crippen LogP contribution < -0.4 is 10.6 Å². The minimum atomic E-state index is -0.146. The molecule has 2 fully saturated rings. The number of hydrogen-bond acceptors (Lipinski definition) is 3. The summed E-state index contributed by atoms with van der Waals surface area (Å²) < 4.78 is 0. The van der Waals surface area contributed by atoms with E-state index in [0.717, 1.165) is 12.0 Å². The SMILES string of the molecule is CN=C(NCCN1C(=O)C2C3C=CC(C3)C2C1=O)NCc1ccc(Cl)cc1Cl.I. The normalized spacial score (nSPS) is 27.3. The van der Waals surface area contributed by atoms with Gasteiger partial charge in [0.1, 0.15) is 0 Å². The van der Waals surface area contributed by atoms with Crippen molar-refractivity contribution in [3.8, 4) is 0 Å². The van der Waals surface area contributed by atoms with Crippen LogP contribution in [0.2, 0.25) is 10.0 Å². The number of guanidine groups is 1. The molecule has 0 radical (unpaired) electrons. The van der Waals surface area contributed by atoms with Crippen LogP contribution >= 0.6 is 47.2 Å². The number of imide groups is 1. The van der Waals surface area contributed by atoms with E-state index in [-0.39, 0.29) is 59.5 Å². The summed E-state index contributed by atoms with van der Waals surface area (Å²) in [5, 5.41) is 7.49. The van der Waals surface area contributed by atoms with Crippen LogP contribution in [-0.2, 0) is 16.1 Å². The van der Waals surface area contributed by atoms with Crippen molar-refractivity contribution in [3.05, 3.63) is 46.0 Å². The Kier molecular flexibility index (Phi) is 7.11. The van der Waals surface area contributed by atoms with Crippen molar-refractivity contribution in [3.63, 3.8) is 0 Å². The van der Waals surface area contributed by atoms with Gasteiger partial charge < -0.3 is 10.6 Å². The maximum atomic E-state index is 12.7. The number of carbonyl (C=O) groups is 2. The lowest BCUT2D eigenvalue weighted by atomic mass is 9.85. The van der Waals surface area contributed by atoms with E-state index in [0.29, 0.717) is 35.6 Å². The summed E-state index contributed by atoms with van der Waals surface area (Å²) in [4.78, 5) is 30.9. The van der Waals surface area contributed by atoms with Gasteiger partial charge in [0.2, 0.25) is 11.8 Å². The maximum Gasteiger partial charge on any atom is 0.233 e. The number of amides is 2. The third kappa shape index (κ3) is 4.27. The van der Waals surface area contributed by atoms with Crippen molar-refractivity contribution < 1.29 is 9.59 Å². The number of carbonyl (C=O) groups excluding carboxylic acids is 2. The molecular weight excluding hydrogens is 526 g/mol. The quantitative estimate of drug-likeness (QED) is 0.195. The molecule has 29 heavy (non-hydrogen) atoms. The highest BCUT2D eigenvalue weighted by molar-refractivity contribution is 14.0. The molecule has 1 aliphatic heterocycles. The molecule has 2 amide bonds. The molecule has 6 nitrogen and oxygen atoms in total. The molecule has 156 valence electrons. The predicted molar refractivity (Wildman–Crippen MR) is 125 cm³/mol. The lowest BCUT2D eigenvalue weighted by Gasteiger charge is -2.18. The molecule has 4 atom stereocenters. The Labute approximate surface area is 197 Å². The molecule has 2 N–H and O–H groups in total. The number of fused-ring (bicyclic) bond motifs is 5. The monoisotopic (exact) mass is 548 g/mol. The molecule has 3 aliphatic rings. The summed E-state index contributed by atoms with van der Waals surface area (Å²) in [6.45, 7) is 1.26. The lowest BCUT2D eigenvalue weighted by Crippen LogP contribution is -2.43. The average Bonchev–Trinajstić information content (AvgIpc) is 3.35. The fraction of sp³-hybridized carbons (Fsp3) is 0.450. The number of likely N-dealkylation sites (tertiary alicyclic amines) is 1. The molecule has 4 rings (SSSR count). The molecule has 1 saturated heterocycles. The van der Waals surface area contributed by atoms with E-state index in [1.165, 1.54) is 4.90 Å². The number of benzene rings is 1. The van der Waals surface area contributed by atoms with Gasteiger partial charge in [-0.3, -0.25) is 19.5 Å². The van der Waals surface area contributed by atoms with E-state index in [4.69, 9.17) is 23.2 Å². The molecule has 1 heterocycles. The first kappa shape index (κ1) is 22.4. The standard InChI is InChI=1S/C20H22Cl2N4O2.HI/c1-23-20(25-10-13-4-5-14(21)9-15(13)22)24-6-7-26-18(27)16-11-2-3-12(8-11)17(16)19(26)28;/h2-5,9,11-12,16-17H,6-8,10H2,1H3,(H2,23,24,25);1H. The van der Waals surface area contributed by atoms with Crippen LogP contribution in [0.5, 0.6) is 0 Å². The Hall–Kier alpha value is -1.32. The summed E-state index contributed by atoms with van der Waals surface area (Å²) in [5.41, 5.74) is 0.898. The zero-order chi connectivity index (χ0) is 19.8. The Balaban J connectivity index is 0.00000240. The highest BCUT2D eigenvalue weighted by Gasteiger charge is 2.58. The predicted octanol–water partition coefficient (Wildman–Crippen LogP) is 3.08. The van der Waals surface area contributed by atoms with Crippen molar-refractivity contribution >= 4 is 65.0 Å². The molecule has 2 bridgehead atoms. The molecule has 9 heteroatoms. The number of hydrogen-bond donors (Lipinski definition) is 2. The minimum Gasteiger partial charge on any atom is -0.355 e. The second-order valence-corrected chi connectivity index (χ2v) is 8.26. The fourth-order valence-electron chi connectivity index (χ4n) is 4.54. The number of halogens is 3. The first-order valence-corrected chi connectivity index (χ1v) is 10.2. The number of aliphatic imine (C=N–C) groups is 1. The number of nitrogens with one attached hydrogen (secondary N) is 2. The Morgan fingerprint density at radius 3 is 2.38 bits per heavy atom. The van der Waals surface area contributed by atoms with Crippen molar-refractivity contribution in [2.45, 2.75) is 13.0 Å². The Bertz CT molecular complexity index is 846. The molecule has 1 saturated carbocycles. The molecular formula is C20H23Cl2IN4O2. The number of allylic oxidation sites excluding steroid dienone is 2. The summed E-state index contributed by atoms with van der Waals surface area (Å²) in [6.07, 6.45) is 5.15. The highest BCUT2D eigenvalue weighted by atomic mass is 127. The molecule has 1 aromatic rings. The minimum absolute atomic E-state index is 0. The van der Waals surface area contributed by atoms with Gasteiger partial charge in [-0.25, -0.2) is 0 Å². The van der Waals surface area contributed by atoms with Crippen LogP contribution in [0.25, 0.3) is 0 Å². The van der Waals surface area contributed by atoms with Gasteiger partial charge in [-0.2, -0.15) is 0 Å². The van der Waals surface area contributed by atoms with Crippen molar-refractivity contribution in [1.82, 2.24) is 15.5 Å². The van der Waals surface area contributed by atoms with Crippen molar-refractivity contribution in [2.24, 2.45) is 28.7 Å². The molecule has 0 aromatic heterocycles. The van der Waals surface area contributed by atoms with E-state index in [2.05, 4.69) is 27.8 Å². The van der Waals surface area contributed by atoms with Crippen LogP contribution in [-0.4, -0.2) is 42.8 Å². The van der Waals surface area contributed by atoms with E-state index in [1.54, 1.807) is 19.2 Å². The first-order valence-electron chi connectivity index (χ1n) is 9.41. The van der Waals surface area contributed by atoms with Crippen LogP contribution in [0.3, 0.4) is 0 Å². The van der Waals surface area contributed by atoms with E-state index in [1.807, 2.05) is 6.07 Å². The first-order chi connectivity index (χ1) is 13.5. The second-order valence-electron chi connectivity index (χ2n) is 7.42. The summed E-state index contributed by atoms with van der Waals surface area (Å²) in [7, 11) is 1.67. The molecule has 4 unspecified atom stereocenters. The summed E-state index contributed by atoms with van der Waals surface area (Å²) in [5.74, 6) is 0.714. The van der Waals surface area contributed by atoms with Crippen molar-refractivity contribution in [2.75, 3.05) is 20.1 Å². The molecule has 0 spiro atoms. The maximum absolute atomic E-state index is 12.7. The Morgan fingerprint density at radius 1 is 1.14 bits per heavy atom. The highest BCUT2D eigenvalue weighted by Crippen LogP contribution is 2.52. The smallest absolute Gasteiger partial charge is 0.233 e. The largest absolute Gasteiger partial charge is 0.355 e. The van der Waals surface area contributed by atoms with Crippen LogP contribution in [0.15, 0.2) is 35.3 Å². The Morgan fingerprint density at radius 2 is 1.79 bits per heavy atom. The average molecular weight is 549 g/mol. The third-order valence-electron chi connectivity index (χ3n) is 5.87. The van der Waals surface area contributed by atoms with Gasteiger partial charge in [0.05, 0.1) is 11.8 Å². The van der Waals surface area contributed by atoms with Crippen LogP contribution in [0.4, 0.5) is 0 Å². The number of nitrogens with zero attached hydrogens (tertiary/aromatic N) is 2. The van der Waals surface area contributed by atoms with Gasteiger partial charge in [-0.1, -0.05) is 41.4 Å². The number of rotatable bonds is 5. The van der Waals surface area contributed by atoms with Gasteiger partial charge in [-0.15, -0.1) is 24.0 Å². The second kappa shape index (κ2) is 9.22. The van der Waals surface area contributed by atoms with Crippen LogP contribution in [0.1, 0.15) is 12.0 Å². The zero-order valence-corrected chi connectivity index (χ0v) is 19.7. The summed E-state index contributed by atoms with van der Waals surface area (Å²) >= 11 is 12.1. The van der Waals surface area contributed by atoms with Crippen molar-refractivity contribution in [1.29, 1.82) is 0 Å². The van der Waals surface area contributed by atoms with E-state index in [9.17, 15) is 9.59 Å². The molecule has 1 aromatic carbocycles. The summed E-state index contributed by atoms with van der Waals surface area (Å²) in [6, 6.07) is 5.33. The fourth-order valence-corrected chi connectivity index (χ4v) is 5.01. The van der Waals surface area contributed by atoms with Gasteiger partial charge in [0.25, 0.3) is 0 Å². The topological polar surface area (TPSA) is 73.8 Å². The lowest BCUT2D eigenvalue weighted by molar-refractivity contribution is -0.140. The molecule has 2 aliphatic carbocycles. The van der Waals surface area contributed by atoms with E-state index >= 15 is 0 Å². The van der Waals surface area contributed by atoms with Gasteiger partial charge in [0.15, 0.2) is 5.96 Å². The van der Waals surface area contributed by atoms with Gasteiger partial charge >= 0.3 is 0 Å². The van der Waals surface area contributed by atoms with Gasteiger partial charge in [0, 0.05) is 36.7 Å².